The average Bonchev–Trinajstić information content (AvgIpc) is 3.74. The molecule has 0 saturated heterocycles. The highest BCUT2D eigenvalue weighted by Crippen LogP contribution is 2.57. The van der Waals surface area contributed by atoms with E-state index in [4.69, 9.17) is 10.1 Å². The van der Waals surface area contributed by atoms with Crippen molar-refractivity contribution in [2.24, 2.45) is 0 Å². The maximum Gasteiger partial charge on any atom is 0.104 e. The molecule has 8 aromatic carbocycles. The second kappa shape index (κ2) is 13.9. The number of hydrogen-bond donors (Lipinski definition) is 3. The van der Waals surface area contributed by atoms with Crippen molar-refractivity contribution >= 4 is 27.8 Å². The molecule has 3 N–H and O–H groups in total. The SMILES string of the molecule is C1=C(c2ccc(C3Nc4ccccc4-c4c3ccc3c4[N-]C(c4ccc(-c5ccc6ccccc6c5)cc4)O3)cc2)NC(c2ccccc2)NC1c1ccccc1. The first-order valence-corrected chi connectivity index (χ1v) is 19.7. The molecule has 0 bridgehead atoms. The highest BCUT2D eigenvalue weighted by molar-refractivity contribution is 5.96. The number of benzene rings is 8. The van der Waals surface area contributed by atoms with Crippen LogP contribution in [-0.4, -0.2) is 0 Å². The van der Waals surface area contributed by atoms with Crippen LogP contribution in [0.15, 0.2) is 194 Å². The van der Waals surface area contributed by atoms with E-state index in [1.54, 1.807) is 0 Å². The Bertz CT molecular complexity index is 2780. The summed E-state index contributed by atoms with van der Waals surface area (Å²) in [6.45, 7) is 0. The minimum Gasteiger partial charge on any atom is -0.642 e. The molecule has 11 rings (SSSR count). The Labute approximate surface area is 332 Å². The Morgan fingerprint density at radius 3 is 1.96 bits per heavy atom. The van der Waals surface area contributed by atoms with Crippen LogP contribution in [0, 0.1) is 0 Å². The topological polar surface area (TPSA) is 59.4 Å². The fraction of sp³-hybridized carbons (Fsp3) is 0.0769. The first kappa shape index (κ1) is 33.3. The molecule has 0 radical (unpaired) electrons. The lowest BCUT2D eigenvalue weighted by atomic mass is 9.85. The highest BCUT2D eigenvalue weighted by Gasteiger charge is 2.30. The number of nitrogens with zero attached hydrogens (tertiary/aromatic N) is 1. The minimum atomic E-state index is -0.415. The van der Waals surface area contributed by atoms with E-state index in [0.29, 0.717) is 0 Å². The van der Waals surface area contributed by atoms with Crippen molar-refractivity contribution in [3.05, 3.63) is 233 Å². The van der Waals surface area contributed by atoms with Crippen molar-refractivity contribution in [1.29, 1.82) is 0 Å². The Balaban J connectivity index is 0.893. The van der Waals surface area contributed by atoms with E-state index >= 15 is 0 Å². The van der Waals surface area contributed by atoms with Crippen LogP contribution in [-0.2, 0) is 0 Å². The van der Waals surface area contributed by atoms with Gasteiger partial charge in [0.05, 0.1) is 18.3 Å². The molecule has 0 aliphatic carbocycles. The zero-order valence-corrected chi connectivity index (χ0v) is 31.1. The summed E-state index contributed by atoms with van der Waals surface area (Å²) in [5.74, 6) is 0.813. The fourth-order valence-corrected chi connectivity index (χ4v) is 8.63. The summed E-state index contributed by atoms with van der Waals surface area (Å²) >= 11 is 0. The van der Waals surface area contributed by atoms with Gasteiger partial charge in [0.15, 0.2) is 0 Å². The van der Waals surface area contributed by atoms with E-state index in [0.717, 1.165) is 45.1 Å². The quantitative estimate of drug-likeness (QED) is 0.159. The fourth-order valence-electron chi connectivity index (χ4n) is 8.63. The van der Waals surface area contributed by atoms with E-state index in [-0.39, 0.29) is 18.2 Å². The molecule has 57 heavy (non-hydrogen) atoms. The van der Waals surface area contributed by atoms with Crippen LogP contribution < -0.4 is 20.7 Å². The minimum absolute atomic E-state index is 0.0288. The van der Waals surface area contributed by atoms with Crippen LogP contribution >= 0.6 is 0 Å². The predicted octanol–water partition coefficient (Wildman–Crippen LogP) is 12.8. The summed E-state index contributed by atoms with van der Waals surface area (Å²) in [6.07, 6.45) is 1.85. The van der Waals surface area contributed by atoms with Gasteiger partial charge in [-0.25, -0.2) is 0 Å². The number of anilines is 1. The number of rotatable bonds is 6. The lowest BCUT2D eigenvalue weighted by Gasteiger charge is -2.34. The van der Waals surface area contributed by atoms with Gasteiger partial charge < -0.3 is 20.7 Å². The van der Waals surface area contributed by atoms with Crippen LogP contribution in [0.25, 0.3) is 44.0 Å². The molecule has 0 aromatic heterocycles. The molecule has 3 aliphatic rings. The average molecular weight is 736 g/mol. The van der Waals surface area contributed by atoms with Gasteiger partial charge >= 0.3 is 0 Å². The van der Waals surface area contributed by atoms with Gasteiger partial charge in [-0.15, -0.1) is 0 Å². The van der Waals surface area contributed by atoms with Gasteiger partial charge in [0.25, 0.3) is 0 Å². The van der Waals surface area contributed by atoms with Gasteiger partial charge in [-0.1, -0.05) is 176 Å². The third-order valence-electron chi connectivity index (χ3n) is 11.6. The molecule has 0 spiro atoms. The Morgan fingerprint density at radius 2 is 1.16 bits per heavy atom. The molecule has 5 nitrogen and oxygen atoms in total. The molecule has 4 atom stereocenters. The summed E-state index contributed by atoms with van der Waals surface area (Å²) in [5.41, 5.74) is 14.7. The van der Waals surface area contributed by atoms with E-state index in [1.165, 1.54) is 44.2 Å². The summed E-state index contributed by atoms with van der Waals surface area (Å²) in [7, 11) is 0. The van der Waals surface area contributed by atoms with Gasteiger partial charge in [0, 0.05) is 16.9 Å². The standard InChI is InChI=1S/C52H39N4O/c1-3-12-35(13-4-1)45-32-46(55-51(54-45)38-14-5-2-6-15-38)36-22-24-37(25-23-36)49-43-29-30-47-50(48(43)42-17-9-10-18-44(42)53-49)56-52(57-47)39-26-19-34(20-27-39)41-28-21-33-11-7-8-16-40(33)31-41/h1-32,45,49,51-55H/q-1. The maximum absolute atomic E-state index is 6.58. The number of ether oxygens (including phenoxy) is 1. The van der Waals surface area contributed by atoms with E-state index in [2.05, 4.69) is 210 Å². The summed E-state index contributed by atoms with van der Waals surface area (Å²) in [5, 5.41) is 19.2. The van der Waals surface area contributed by atoms with E-state index in [1.807, 2.05) is 0 Å². The van der Waals surface area contributed by atoms with Crippen LogP contribution in [0.4, 0.5) is 11.4 Å². The molecule has 0 amide bonds. The highest BCUT2D eigenvalue weighted by atomic mass is 16.5. The van der Waals surface area contributed by atoms with E-state index in [9.17, 15) is 0 Å². The Hall–Kier alpha value is -7.08. The second-order valence-electron chi connectivity index (χ2n) is 15.0. The normalized spacial score (nSPS) is 19.1. The van der Waals surface area contributed by atoms with Crippen LogP contribution in [0.3, 0.4) is 0 Å². The third-order valence-corrected chi connectivity index (χ3v) is 11.6. The molecule has 4 unspecified atom stereocenters. The van der Waals surface area contributed by atoms with E-state index < -0.39 is 6.23 Å². The monoisotopic (exact) mass is 735 g/mol. The summed E-state index contributed by atoms with van der Waals surface area (Å²) < 4.78 is 6.58. The molecular formula is C52H39N4O-. The molecule has 3 heterocycles. The number of hydrogen-bond acceptors (Lipinski definition) is 4. The Kier molecular flexibility index (Phi) is 8.11. The lowest BCUT2D eigenvalue weighted by Crippen LogP contribution is -2.39. The molecule has 3 aliphatic heterocycles. The van der Waals surface area contributed by atoms with Gasteiger partial charge in [-0.3, -0.25) is 5.32 Å². The molecule has 0 fully saturated rings. The number of para-hydroxylation sites is 1. The van der Waals surface area contributed by atoms with Crippen molar-refractivity contribution in [3.8, 4) is 28.0 Å². The van der Waals surface area contributed by atoms with Crippen molar-refractivity contribution in [2.45, 2.75) is 24.5 Å². The zero-order chi connectivity index (χ0) is 37.7. The van der Waals surface area contributed by atoms with Gasteiger partial charge in [-0.05, 0) is 85.1 Å². The van der Waals surface area contributed by atoms with Crippen molar-refractivity contribution in [1.82, 2.24) is 10.6 Å². The lowest BCUT2D eigenvalue weighted by molar-refractivity contribution is 0.269. The zero-order valence-electron chi connectivity index (χ0n) is 31.1. The van der Waals surface area contributed by atoms with Gasteiger partial charge in [-0.2, -0.15) is 0 Å². The van der Waals surface area contributed by atoms with Crippen molar-refractivity contribution in [3.63, 3.8) is 0 Å². The number of fused-ring (bicyclic) bond motifs is 6. The van der Waals surface area contributed by atoms with Crippen LogP contribution in [0.2, 0.25) is 0 Å². The maximum atomic E-state index is 6.58. The summed E-state index contributed by atoms with van der Waals surface area (Å²) in [6, 6.07) is 66.8. The largest absolute Gasteiger partial charge is 0.642 e. The summed E-state index contributed by atoms with van der Waals surface area (Å²) in [4.78, 5) is 0. The van der Waals surface area contributed by atoms with Gasteiger partial charge in [0.1, 0.15) is 11.9 Å². The first-order valence-electron chi connectivity index (χ1n) is 19.7. The molecule has 5 heteroatoms. The smallest absolute Gasteiger partial charge is 0.104 e. The Morgan fingerprint density at radius 1 is 0.491 bits per heavy atom. The second-order valence-corrected chi connectivity index (χ2v) is 15.0. The third kappa shape index (κ3) is 6.10. The van der Waals surface area contributed by atoms with Crippen molar-refractivity contribution < 1.29 is 4.74 Å². The van der Waals surface area contributed by atoms with Crippen LogP contribution in [0.1, 0.15) is 57.9 Å². The molecule has 8 aromatic rings. The van der Waals surface area contributed by atoms with Gasteiger partial charge in [0.2, 0.25) is 0 Å². The predicted molar refractivity (Wildman–Crippen MR) is 232 cm³/mol. The molecular weight excluding hydrogens is 697 g/mol. The number of nitrogens with one attached hydrogen (secondary N) is 3. The first-order chi connectivity index (χ1) is 28.2. The van der Waals surface area contributed by atoms with Crippen molar-refractivity contribution in [2.75, 3.05) is 5.32 Å². The molecule has 0 saturated carbocycles. The van der Waals surface area contributed by atoms with Crippen LogP contribution in [0.5, 0.6) is 5.75 Å². The molecule has 274 valence electrons.